The summed E-state index contributed by atoms with van der Waals surface area (Å²) in [4.78, 5) is 26.4. The summed E-state index contributed by atoms with van der Waals surface area (Å²) >= 11 is 0. The summed E-state index contributed by atoms with van der Waals surface area (Å²) in [5.74, 6) is -0.551. The van der Waals surface area contributed by atoms with Gasteiger partial charge < -0.3 is 14.1 Å². The first-order valence-electron chi connectivity index (χ1n) is 7.93. The fraction of sp³-hybridized carbons (Fsp3) is 0.444. The first kappa shape index (κ1) is 18.4. The fourth-order valence-electron chi connectivity index (χ4n) is 2.33. The lowest BCUT2D eigenvalue weighted by Crippen LogP contribution is -2.40. The number of benzene rings is 1. The molecule has 24 heavy (non-hydrogen) atoms. The smallest absolute Gasteiger partial charge is 0.355 e. The highest BCUT2D eigenvalue weighted by molar-refractivity contribution is 6.74. The highest BCUT2D eigenvalue weighted by Gasteiger charge is 2.37. The SMILES string of the molecule is COC(=O)c1[nH]c2cccc(CO[Si](C)(C)C(C)(C)C)c2c1C=O. The van der Waals surface area contributed by atoms with Crippen molar-refractivity contribution in [1.82, 2.24) is 4.98 Å². The van der Waals surface area contributed by atoms with Gasteiger partial charge in [-0.2, -0.15) is 0 Å². The molecule has 0 aliphatic rings. The van der Waals surface area contributed by atoms with Crippen LogP contribution in [0.4, 0.5) is 0 Å². The Morgan fingerprint density at radius 1 is 1.29 bits per heavy atom. The Balaban J connectivity index is 2.47. The summed E-state index contributed by atoms with van der Waals surface area (Å²) in [6, 6.07) is 5.65. The molecule has 0 saturated heterocycles. The van der Waals surface area contributed by atoms with E-state index in [-0.39, 0.29) is 10.7 Å². The Kier molecular flexibility index (Phi) is 5.01. The number of aromatic nitrogens is 1. The zero-order chi connectivity index (χ0) is 18.1. The molecule has 0 amide bonds. The molecule has 0 aliphatic carbocycles. The molecular formula is C18H25NO4Si. The van der Waals surface area contributed by atoms with Gasteiger partial charge in [0, 0.05) is 10.9 Å². The summed E-state index contributed by atoms with van der Waals surface area (Å²) in [5, 5.41) is 0.829. The van der Waals surface area contributed by atoms with Crippen molar-refractivity contribution in [2.24, 2.45) is 0 Å². The molecule has 1 aromatic carbocycles. The van der Waals surface area contributed by atoms with Crippen molar-refractivity contribution in [3.05, 3.63) is 35.0 Å². The molecule has 130 valence electrons. The third kappa shape index (κ3) is 3.30. The monoisotopic (exact) mass is 347 g/mol. The lowest BCUT2D eigenvalue weighted by molar-refractivity contribution is 0.0593. The molecule has 2 aromatic rings. The van der Waals surface area contributed by atoms with Crippen LogP contribution in [0.3, 0.4) is 0 Å². The summed E-state index contributed by atoms with van der Waals surface area (Å²) in [5.41, 5.74) is 2.13. The molecule has 1 heterocycles. The van der Waals surface area contributed by atoms with E-state index in [1.54, 1.807) is 0 Å². The average molecular weight is 347 g/mol. The zero-order valence-electron chi connectivity index (χ0n) is 15.1. The number of methoxy groups -OCH3 is 1. The average Bonchev–Trinajstić information content (AvgIpc) is 2.90. The maximum atomic E-state index is 11.9. The van der Waals surface area contributed by atoms with Crippen molar-refractivity contribution >= 4 is 31.5 Å². The molecule has 1 N–H and O–H groups in total. The quantitative estimate of drug-likeness (QED) is 0.498. The number of hydrogen-bond donors (Lipinski definition) is 1. The summed E-state index contributed by atoms with van der Waals surface area (Å²) in [7, 11) is -0.619. The van der Waals surface area contributed by atoms with E-state index in [0.29, 0.717) is 18.5 Å². The van der Waals surface area contributed by atoms with Crippen molar-refractivity contribution in [2.45, 2.75) is 45.5 Å². The van der Waals surface area contributed by atoms with Gasteiger partial charge in [-0.3, -0.25) is 4.79 Å². The molecule has 0 unspecified atom stereocenters. The molecule has 0 fully saturated rings. The number of ether oxygens (including phenoxy) is 1. The fourth-order valence-corrected chi connectivity index (χ4v) is 3.27. The number of aldehydes is 1. The van der Waals surface area contributed by atoms with Crippen LogP contribution in [0.2, 0.25) is 18.1 Å². The van der Waals surface area contributed by atoms with Gasteiger partial charge in [-0.15, -0.1) is 0 Å². The van der Waals surface area contributed by atoms with Gasteiger partial charge in [-0.25, -0.2) is 4.79 Å². The summed E-state index contributed by atoms with van der Waals surface area (Å²) in [6.07, 6.45) is 0.695. The number of esters is 1. The number of rotatable bonds is 5. The van der Waals surface area contributed by atoms with Crippen molar-refractivity contribution in [2.75, 3.05) is 7.11 Å². The Morgan fingerprint density at radius 2 is 1.96 bits per heavy atom. The van der Waals surface area contributed by atoms with Crippen molar-refractivity contribution in [3.63, 3.8) is 0 Å². The molecule has 6 heteroatoms. The van der Waals surface area contributed by atoms with Crippen LogP contribution in [-0.4, -0.2) is 32.7 Å². The van der Waals surface area contributed by atoms with Crippen molar-refractivity contribution in [3.8, 4) is 0 Å². The van der Waals surface area contributed by atoms with Crippen LogP contribution in [0.1, 0.15) is 47.2 Å². The Bertz CT molecular complexity index is 771. The molecule has 0 aliphatic heterocycles. The van der Waals surface area contributed by atoms with Gasteiger partial charge >= 0.3 is 5.97 Å². The van der Waals surface area contributed by atoms with Crippen LogP contribution in [0.25, 0.3) is 10.9 Å². The van der Waals surface area contributed by atoms with Gasteiger partial charge in [0.1, 0.15) is 5.69 Å². The van der Waals surface area contributed by atoms with E-state index in [9.17, 15) is 9.59 Å². The lowest BCUT2D eigenvalue weighted by Gasteiger charge is -2.36. The van der Waals surface area contributed by atoms with Crippen LogP contribution < -0.4 is 0 Å². The van der Waals surface area contributed by atoms with Gasteiger partial charge in [-0.1, -0.05) is 32.9 Å². The van der Waals surface area contributed by atoms with Crippen LogP contribution in [0.5, 0.6) is 0 Å². The number of hydrogen-bond acceptors (Lipinski definition) is 4. The van der Waals surface area contributed by atoms with Gasteiger partial charge in [-0.05, 0) is 29.8 Å². The highest BCUT2D eigenvalue weighted by Crippen LogP contribution is 2.37. The molecule has 0 bridgehead atoms. The van der Waals surface area contributed by atoms with E-state index in [4.69, 9.17) is 9.16 Å². The molecule has 0 radical (unpaired) electrons. The van der Waals surface area contributed by atoms with E-state index < -0.39 is 14.3 Å². The predicted molar refractivity (Wildman–Crippen MR) is 97.0 cm³/mol. The number of nitrogens with one attached hydrogen (secondary N) is 1. The summed E-state index contributed by atoms with van der Waals surface area (Å²) < 4.78 is 11.0. The molecule has 0 atom stereocenters. The van der Waals surface area contributed by atoms with E-state index in [0.717, 1.165) is 16.5 Å². The minimum Gasteiger partial charge on any atom is -0.464 e. The number of fused-ring (bicyclic) bond motifs is 1. The minimum absolute atomic E-state index is 0.101. The number of aromatic amines is 1. The molecule has 0 spiro atoms. The van der Waals surface area contributed by atoms with Crippen molar-refractivity contribution in [1.29, 1.82) is 0 Å². The molecule has 2 rings (SSSR count). The molecular weight excluding hydrogens is 322 g/mol. The van der Waals surface area contributed by atoms with E-state index in [1.165, 1.54) is 7.11 Å². The lowest BCUT2D eigenvalue weighted by atomic mass is 10.1. The summed E-state index contributed by atoms with van der Waals surface area (Å²) in [6.45, 7) is 11.3. The molecule has 1 aromatic heterocycles. The van der Waals surface area contributed by atoms with Gasteiger partial charge in [0.25, 0.3) is 0 Å². The molecule has 0 saturated carbocycles. The number of carbonyl (C=O) groups is 2. The topological polar surface area (TPSA) is 68.4 Å². The third-order valence-corrected chi connectivity index (χ3v) is 9.33. The molecule has 5 nitrogen and oxygen atoms in total. The van der Waals surface area contributed by atoms with Crippen LogP contribution in [0, 0.1) is 0 Å². The van der Waals surface area contributed by atoms with E-state index in [2.05, 4.69) is 38.8 Å². The van der Waals surface area contributed by atoms with Crippen LogP contribution in [0.15, 0.2) is 18.2 Å². The van der Waals surface area contributed by atoms with E-state index >= 15 is 0 Å². The zero-order valence-corrected chi connectivity index (χ0v) is 16.1. The third-order valence-electron chi connectivity index (χ3n) is 4.85. The minimum atomic E-state index is -1.91. The normalized spacial score (nSPS) is 12.4. The van der Waals surface area contributed by atoms with Crippen LogP contribution >= 0.6 is 0 Å². The Hall–Kier alpha value is -1.92. The number of carbonyl (C=O) groups excluding carboxylic acids is 2. The first-order chi connectivity index (χ1) is 11.1. The Morgan fingerprint density at radius 3 is 2.50 bits per heavy atom. The van der Waals surface area contributed by atoms with E-state index in [1.807, 2.05) is 18.2 Å². The van der Waals surface area contributed by atoms with Crippen LogP contribution in [-0.2, 0) is 15.8 Å². The first-order valence-corrected chi connectivity index (χ1v) is 10.8. The second-order valence-corrected chi connectivity index (χ2v) is 12.2. The van der Waals surface area contributed by atoms with Gasteiger partial charge in [0.15, 0.2) is 14.6 Å². The number of H-pyrrole nitrogens is 1. The van der Waals surface area contributed by atoms with Gasteiger partial charge in [0.2, 0.25) is 0 Å². The van der Waals surface area contributed by atoms with Crippen molar-refractivity contribution < 1.29 is 18.8 Å². The largest absolute Gasteiger partial charge is 0.464 e. The maximum absolute atomic E-state index is 11.9. The highest BCUT2D eigenvalue weighted by atomic mass is 28.4. The maximum Gasteiger partial charge on any atom is 0.355 e. The predicted octanol–water partition coefficient (Wildman–Crippen LogP) is 4.29. The van der Waals surface area contributed by atoms with Gasteiger partial charge in [0.05, 0.1) is 19.3 Å². The standard InChI is InChI=1S/C18H25NO4Si/c1-18(2,3)24(5,6)23-11-12-8-7-9-14-15(12)13(10-20)16(19-14)17(21)22-4/h7-10,19H,11H2,1-6H3. The second kappa shape index (κ2) is 6.53. The Labute approximate surface area is 143 Å². The second-order valence-electron chi connectivity index (χ2n) is 7.41.